The second kappa shape index (κ2) is 9.30. The maximum absolute atomic E-state index is 13.5. The molecule has 1 aromatic carbocycles. The van der Waals surface area contributed by atoms with E-state index in [0.717, 1.165) is 16.7 Å². The molecule has 2 aliphatic rings. The van der Waals surface area contributed by atoms with Gasteiger partial charge in [-0.15, -0.1) is 0 Å². The molecule has 0 aliphatic carbocycles. The number of benzene rings is 1. The summed E-state index contributed by atoms with van der Waals surface area (Å²) in [6, 6.07) is 7.96. The average Bonchev–Trinajstić information content (AvgIpc) is 2.73. The van der Waals surface area contributed by atoms with E-state index < -0.39 is 20.7 Å². The van der Waals surface area contributed by atoms with Crippen molar-refractivity contribution in [1.29, 1.82) is 0 Å². The first-order valence-corrected chi connectivity index (χ1v) is 12.0. The number of primary amides is 1. The molecule has 2 saturated heterocycles. The normalized spacial score (nSPS) is 21.2. The van der Waals surface area contributed by atoms with Crippen LogP contribution in [-0.2, 0) is 19.6 Å². The number of nitrogens with zero attached hydrogens (tertiary/aromatic N) is 3. The van der Waals surface area contributed by atoms with Gasteiger partial charge in [-0.25, -0.2) is 8.42 Å². The molecule has 162 valence electrons. The molecule has 0 atom stereocenters. The molecule has 3 rings (SSSR count). The molecule has 0 bridgehead atoms. The molecule has 10 heteroatoms. The number of carbonyl (C=O) groups is 1. The number of halogens is 1. The van der Waals surface area contributed by atoms with Gasteiger partial charge in [0.2, 0.25) is 15.9 Å². The number of hydrogen-bond donors (Lipinski definition) is 1. The van der Waals surface area contributed by atoms with Crippen molar-refractivity contribution < 1.29 is 17.9 Å². The van der Waals surface area contributed by atoms with Gasteiger partial charge >= 0.3 is 0 Å². The molecule has 0 spiro atoms. The molecule has 0 saturated carbocycles. The quantitative estimate of drug-likeness (QED) is 0.611. The summed E-state index contributed by atoms with van der Waals surface area (Å²) < 4.78 is 33.0. The first kappa shape index (κ1) is 22.5. The molecule has 1 amide bonds. The number of ether oxygens (including phenoxy) is 1. The fourth-order valence-electron chi connectivity index (χ4n) is 4.08. The predicted molar refractivity (Wildman–Crippen MR) is 116 cm³/mol. The molecule has 2 N–H and O–H groups in total. The lowest BCUT2D eigenvalue weighted by molar-refractivity contribution is -0.121. The SMILES string of the molecule is COCCN1CCC(C(N)=O)(S(=O)(=O)N2CCN(c3ccc(Br)cc3)CC2)CC1. The van der Waals surface area contributed by atoms with Gasteiger partial charge < -0.3 is 20.3 Å². The van der Waals surface area contributed by atoms with E-state index in [1.165, 1.54) is 4.31 Å². The first-order valence-electron chi connectivity index (χ1n) is 9.81. The van der Waals surface area contributed by atoms with Gasteiger partial charge in [0.25, 0.3) is 0 Å². The Balaban J connectivity index is 1.69. The van der Waals surface area contributed by atoms with Crippen LogP contribution < -0.4 is 10.6 Å². The van der Waals surface area contributed by atoms with Crippen LogP contribution in [0.3, 0.4) is 0 Å². The van der Waals surface area contributed by atoms with E-state index in [0.29, 0.717) is 45.9 Å². The Morgan fingerprint density at radius 2 is 1.69 bits per heavy atom. The number of piperazine rings is 1. The number of amides is 1. The molecular weight excluding hydrogens is 460 g/mol. The van der Waals surface area contributed by atoms with Gasteiger partial charge in [-0.3, -0.25) is 4.79 Å². The Kier molecular flexibility index (Phi) is 7.21. The van der Waals surface area contributed by atoms with Gasteiger partial charge in [-0.05, 0) is 37.1 Å². The van der Waals surface area contributed by atoms with Gasteiger partial charge in [0.05, 0.1) is 6.61 Å². The van der Waals surface area contributed by atoms with Crippen molar-refractivity contribution in [2.45, 2.75) is 17.6 Å². The van der Waals surface area contributed by atoms with Crippen LogP contribution in [0.25, 0.3) is 0 Å². The molecule has 29 heavy (non-hydrogen) atoms. The van der Waals surface area contributed by atoms with Gasteiger partial charge in [-0.2, -0.15) is 4.31 Å². The van der Waals surface area contributed by atoms with E-state index in [9.17, 15) is 13.2 Å². The van der Waals surface area contributed by atoms with E-state index in [1.807, 2.05) is 24.3 Å². The van der Waals surface area contributed by atoms with E-state index in [1.54, 1.807) is 7.11 Å². The van der Waals surface area contributed by atoms with Crippen molar-refractivity contribution in [3.8, 4) is 0 Å². The van der Waals surface area contributed by atoms with Crippen molar-refractivity contribution in [3.05, 3.63) is 28.7 Å². The van der Waals surface area contributed by atoms with E-state index >= 15 is 0 Å². The molecule has 2 aliphatic heterocycles. The van der Waals surface area contributed by atoms with Crippen LogP contribution in [0.15, 0.2) is 28.7 Å². The lowest BCUT2D eigenvalue weighted by atomic mass is 9.95. The highest BCUT2D eigenvalue weighted by Crippen LogP contribution is 2.34. The smallest absolute Gasteiger partial charge is 0.240 e. The summed E-state index contributed by atoms with van der Waals surface area (Å²) in [5.41, 5.74) is 6.73. The van der Waals surface area contributed by atoms with Crippen LogP contribution >= 0.6 is 15.9 Å². The minimum atomic E-state index is -3.84. The van der Waals surface area contributed by atoms with Crippen molar-refractivity contribution in [3.63, 3.8) is 0 Å². The molecule has 0 radical (unpaired) electrons. The summed E-state index contributed by atoms with van der Waals surface area (Å²) in [6.45, 7) is 4.19. The van der Waals surface area contributed by atoms with Gasteiger partial charge in [0, 0.05) is 63.1 Å². The summed E-state index contributed by atoms with van der Waals surface area (Å²) in [7, 11) is -2.20. The zero-order chi connectivity index (χ0) is 21.1. The van der Waals surface area contributed by atoms with Crippen LogP contribution in [0.2, 0.25) is 0 Å². The minimum Gasteiger partial charge on any atom is -0.383 e. The van der Waals surface area contributed by atoms with Crippen molar-refractivity contribution in [2.24, 2.45) is 5.73 Å². The van der Waals surface area contributed by atoms with E-state index in [4.69, 9.17) is 10.5 Å². The van der Waals surface area contributed by atoms with E-state index in [2.05, 4.69) is 25.7 Å². The highest BCUT2D eigenvalue weighted by Gasteiger charge is 2.53. The zero-order valence-corrected chi connectivity index (χ0v) is 19.1. The molecule has 8 nitrogen and oxygen atoms in total. The van der Waals surface area contributed by atoms with Crippen LogP contribution in [-0.4, -0.2) is 87.8 Å². The average molecular weight is 489 g/mol. The molecule has 0 unspecified atom stereocenters. The Bertz CT molecular complexity index is 802. The topological polar surface area (TPSA) is 96.2 Å². The maximum atomic E-state index is 13.5. The lowest BCUT2D eigenvalue weighted by Crippen LogP contribution is -2.63. The second-order valence-corrected chi connectivity index (χ2v) is 10.7. The molecule has 0 aromatic heterocycles. The number of anilines is 1. The van der Waals surface area contributed by atoms with Gasteiger partial charge in [0.1, 0.15) is 0 Å². The summed E-state index contributed by atoms with van der Waals surface area (Å²) in [5, 5.41) is 0. The van der Waals surface area contributed by atoms with Crippen LogP contribution in [0, 0.1) is 0 Å². The summed E-state index contributed by atoms with van der Waals surface area (Å²) >= 11 is 3.43. The number of piperidine rings is 1. The Labute approximate surface area is 181 Å². The number of rotatable bonds is 7. The van der Waals surface area contributed by atoms with Crippen LogP contribution in [0.1, 0.15) is 12.8 Å². The summed E-state index contributed by atoms with van der Waals surface area (Å²) in [4.78, 5) is 16.6. The van der Waals surface area contributed by atoms with E-state index in [-0.39, 0.29) is 12.8 Å². The highest BCUT2D eigenvalue weighted by molar-refractivity contribution is 9.10. The Morgan fingerprint density at radius 1 is 1.10 bits per heavy atom. The number of hydrogen-bond acceptors (Lipinski definition) is 6. The molecule has 2 fully saturated rings. The number of likely N-dealkylation sites (tertiary alicyclic amines) is 1. The third-order valence-corrected chi connectivity index (χ3v) is 9.16. The predicted octanol–water partition coefficient (Wildman–Crippen LogP) is 0.867. The third kappa shape index (κ3) is 4.61. The van der Waals surface area contributed by atoms with Gasteiger partial charge in [0.15, 0.2) is 4.75 Å². The Hall–Kier alpha value is -1.20. The monoisotopic (exact) mass is 488 g/mol. The molecule has 1 aromatic rings. The fourth-order valence-corrected chi connectivity index (χ4v) is 6.43. The number of carbonyl (C=O) groups excluding carboxylic acids is 1. The zero-order valence-electron chi connectivity index (χ0n) is 16.7. The van der Waals surface area contributed by atoms with Crippen LogP contribution in [0.4, 0.5) is 5.69 Å². The fraction of sp³-hybridized carbons (Fsp3) is 0.632. The van der Waals surface area contributed by atoms with Crippen molar-refractivity contribution in [2.75, 3.05) is 64.4 Å². The number of methoxy groups -OCH3 is 1. The molecular formula is C19H29BrN4O4S. The summed E-state index contributed by atoms with van der Waals surface area (Å²) in [6.07, 6.45) is 0.447. The minimum absolute atomic E-state index is 0.224. The van der Waals surface area contributed by atoms with Gasteiger partial charge in [-0.1, -0.05) is 15.9 Å². The van der Waals surface area contributed by atoms with Crippen molar-refractivity contribution in [1.82, 2.24) is 9.21 Å². The highest BCUT2D eigenvalue weighted by atomic mass is 79.9. The van der Waals surface area contributed by atoms with Crippen molar-refractivity contribution >= 4 is 37.5 Å². The van der Waals surface area contributed by atoms with Crippen LogP contribution in [0.5, 0.6) is 0 Å². The lowest BCUT2D eigenvalue weighted by Gasteiger charge is -2.43. The molecule has 2 heterocycles. The number of sulfonamides is 1. The third-order valence-electron chi connectivity index (χ3n) is 5.99. The summed E-state index contributed by atoms with van der Waals surface area (Å²) in [5.74, 6) is -0.737. The second-order valence-electron chi connectivity index (χ2n) is 7.56. The largest absolute Gasteiger partial charge is 0.383 e. The first-order chi connectivity index (χ1) is 13.8. The number of nitrogens with two attached hydrogens (primary N) is 1. The Morgan fingerprint density at radius 3 is 2.21 bits per heavy atom. The maximum Gasteiger partial charge on any atom is 0.240 e. The standard InChI is InChI=1S/C19H29BrN4O4S/c1-28-15-14-22-8-6-19(7-9-22,18(21)25)29(26,27)24-12-10-23(11-13-24)17-4-2-16(20)3-5-17/h2-5H,6-15H2,1H3,(H2,21,25).